The first-order valence-corrected chi connectivity index (χ1v) is 10.5. The number of nitrogens with zero attached hydrogens (tertiary/aromatic N) is 3. The normalized spacial score (nSPS) is 26.4. The largest absolute Gasteiger partial charge is 0.341 e. The molecule has 3 aliphatic rings. The van der Waals surface area contributed by atoms with Crippen LogP contribution in [0.4, 0.5) is 0 Å². The minimum absolute atomic E-state index is 0.0854. The number of nitrogens with one attached hydrogen (secondary N) is 3. The third-order valence-corrected chi connectivity index (χ3v) is 6.03. The highest BCUT2D eigenvalue weighted by atomic mass is 16.2. The molecule has 27 heavy (non-hydrogen) atoms. The van der Waals surface area contributed by atoms with Crippen molar-refractivity contribution in [1.82, 2.24) is 31.0 Å². The van der Waals surface area contributed by atoms with Gasteiger partial charge >= 0.3 is 0 Å². The molecule has 0 aromatic carbocycles. The molecule has 2 saturated heterocycles. The van der Waals surface area contributed by atoms with Gasteiger partial charge in [-0.15, -0.1) is 0 Å². The van der Waals surface area contributed by atoms with Crippen molar-refractivity contribution in [3.8, 4) is 0 Å². The lowest BCUT2D eigenvalue weighted by molar-refractivity contribution is -0.134. The Morgan fingerprint density at radius 3 is 2.89 bits per heavy atom. The van der Waals surface area contributed by atoms with Crippen LogP contribution >= 0.6 is 0 Å². The smallest absolute Gasteiger partial charge is 0.241 e. The Balaban J connectivity index is 1.31. The van der Waals surface area contributed by atoms with Crippen molar-refractivity contribution in [2.45, 2.75) is 70.5 Å². The van der Waals surface area contributed by atoms with Crippen molar-refractivity contribution in [1.29, 1.82) is 0 Å². The number of carbonyl (C=O) groups excluding carboxylic acids is 1. The summed E-state index contributed by atoms with van der Waals surface area (Å²) in [7, 11) is 0. The van der Waals surface area contributed by atoms with Crippen LogP contribution in [0.1, 0.15) is 62.5 Å². The van der Waals surface area contributed by atoms with Crippen LogP contribution in [0, 0.1) is 5.92 Å². The van der Waals surface area contributed by atoms with E-state index in [1.54, 1.807) is 0 Å². The van der Waals surface area contributed by atoms with E-state index >= 15 is 0 Å². The van der Waals surface area contributed by atoms with Crippen LogP contribution in [0.5, 0.6) is 0 Å². The monoisotopic (exact) mass is 372 g/mol. The molecule has 148 valence electrons. The fourth-order valence-electron chi connectivity index (χ4n) is 4.53. The third-order valence-electron chi connectivity index (χ3n) is 6.03. The van der Waals surface area contributed by atoms with Gasteiger partial charge in [-0.25, -0.2) is 15.4 Å². The summed E-state index contributed by atoms with van der Waals surface area (Å²) in [6, 6.07) is 0.313. The lowest BCUT2D eigenvalue weighted by Crippen LogP contribution is -2.48. The highest BCUT2D eigenvalue weighted by Gasteiger charge is 2.34. The van der Waals surface area contributed by atoms with Crippen molar-refractivity contribution < 1.29 is 4.79 Å². The molecule has 1 aromatic heterocycles. The Morgan fingerprint density at radius 1 is 1.30 bits per heavy atom. The van der Waals surface area contributed by atoms with E-state index in [1.165, 1.54) is 11.3 Å². The van der Waals surface area contributed by atoms with Gasteiger partial charge in [0.15, 0.2) is 0 Å². The highest BCUT2D eigenvalue weighted by Crippen LogP contribution is 2.27. The maximum Gasteiger partial charge on any atom is 0.241 e. The Morgan fingerprint density at radius 2 is 2.11 bits per heavy atom. The molecule has 2 atom stereocenters. The topological polar surface area (TPSA) is 82.2 Å². The molecule has 0 bridgehead atoms. The predicted molar refractivity (Wildman–Crippen MR) is 104 cm³/mol. The molecule has 1 amide bonds. The van der Waals surface area contributed by atoms with Crippen molar-refractivity contribution in [3.05, 3.63) is 23.3 Å². The molecule has 2 unspecified atom stereocenters. The van der Waals surface area contributed by atoms with E-state index in [-0.39, 0.29) is 11.9 Å². The second kappa shape index (κ2) is 8.20. The van der Waals surface area contributed by atoms with Crippen LogP contribution in [-0.2, 0) is 17.8 Å². The van der Waals surface area contributed by atoms with E-state index in [4.69, 9.17) is 4.98 Å². The Bertz CT molecular complexity index is 670. The van der Waals surface area contributed by atoms with Gasteiger partial charge in [0.1, 0.15) is 11.9 Å². The molecule has 7 heteroatoms. The van der Waals surface area contributed by atoms with Gasteiger partial charge in [0.2, 0.25) is 5.91 Å². The van der Waals surface area contributed by atoms with E-state index in [2.05, 4.69) is 35.0 Å². The van der Waals surface area contributed by atoms with E-state index in [9.17, 15) is 4.79 Å². The number of aromatic nitrogens is 2. The summed E-state index contributed by atoms with van der Waals surface area (Å²) in [5, 5.41) is 3.36. The van der Waals surface area contributed by atoms with Gasteiger partial charge in [0, 0.05) is 62.0 Å². The summed E-state index contributed by atoms with van der Waals surface area (Å²) in [4.78, 5) is 24.3. The number of likely N-dealkylation sites (tertiary alicyclic amines) is 1. The average molecular weight is 373 g/mol. The highest BCUT2D eigenvalue weighted by molar-refractivity contribution is 5.82. The van der Waals surface area contributed by atoms with Crippen LogP contribution in [0.25, 0.3) is 0 Å². The summed E-state index contributed by atoms with van der Waals surface area (Å²) in [5.74, 6) is 2.23. The first-order valence-electron chi connectivity index (χ1n) is 10.5. The maximum atomic E-state index is 12.9. The molecular weight excluding hydrogens is 340 g/mol. The molecule has 4 heterocycles. The summed E-state index contributed by atoms with van der Waals surface area (Å²) >= 11 is 0. The second-order valence-corrected chi connectivity index (χ2v) is 8.63. The molecular formula is C20H32N6O. The van der Waals surface area contributed by atoms with E-state index in [1.807, 2.05) is 11.1 Å². The van der Waals surface area contributed by atoms with Crippen LogP contribution in [0.15, 0.2) is 6.20 Å². The molecule has 0 aliphatic carbocycles. The Kier molecular flexibility index (Phi) is 5.71. The number of carbonyl (C=O) groups is 1. The fourth-order valence-corrected chi connectivity index (χ4v) is 4.53. The molecule has 7 nitrogen and oxygen atoms in total. The predicted octanol–water partition coefficient (Wildman–Crippen LogP) is 1.11. The van der Waals surface area contributed by atoms with Crippen LogP contribution in [0.2, 0.25) is 0 Å². The molecule has 3 N–H and O–H groups in total. The summed E-state index contributed by atoms with van der Waals surface area (Å²) in [6.45, 7) is 7.93. The fraction of sp³-hybridized carbons (Fsp3) is 0.750. The number of hydrogen-bond acceptors (Lipinski definition) is 6. The van der Waals surface area contributed by atoms with Gasteiger partial charge in [-0.2, -0.15) is 0 Å². The van der Waals surface area contributed by atoms with Gasteiger partial charge < -0.3 is 10.2 Å². The number of hydrazine groups is 1. The molecule has 0 saturated carbocycles. The lowest BCUT2D eigenvalue weighted by Gasteiger charge is -2.33. The molecule has 3 aliphatic heterocycles. The second-order valence-electron chi connectivity index (χ2n) is 8.63. The van der Waals surface area contributed by atoms with Crippen molar-refractivity contribution in [3.63, 3.8) is 0 Å². The minimum atomic E-state index is -0.0854. The summed E-state index contributed by atoms with van der Waals surface area (Å²) in [6.07, 6.45) is 6.88. The number of fused-ring (bicyclic) bond motifs is 1. The summed E-state index contributed by atoms with van der Waals surface area (Å²) < 4.78 is 0. The molecule has 4 rings (SSSR count). The number of amides is 1. The van der Waals surface area contributed by atoms with Crippen molar-refractivity contribution >= 4 is 5.91 Å². The van der Waals surface area contributed by atoms with Gasteiger partial charge in [0.25, 0.3) is 0 Å². The van der Waals surface area contributed by atoms with Crippen molar-refractivity contribution in [2.75, 3.05) is 19.6 Å². The van der Waals surface area contributed by atoms with E-state index in [0.717, 1.165) is 64.1 Å². The maximum absolute atomic E-state index is 12.9. The Labute approximate surface area is 161 Å². The SMILES string of the molecule is CC(C)CC1CC(C(=O)N2CCC(c3ncc4c(n3)CCNC4)CC2)NN1. The first kappa shape index (κ1) is 18.8. The number of hydrogen-bond donors (Lipinski definition) is 3. The van der Waals surface area contributed by atoms with E-state index in [0.29, 0.717) is 17.9 Å². The number of piperidine rings is 1. The number of rotatable bonds is 4. The van der Waals surface area contributed by atoms with Gasteiger partial charge in [-0.3, -0.25) is 10.2 Å². The molecule has 0 radical (unpaired) electrons. The van der Waals surface area contributed by atoms with Crippen LogP contribution < -0.4 is 16.2 Å². The first-order chi connectivity index (χ1) is 13.1. The van der Waals surface area contributed by atoms with Crippen LogP contribution in [0.3, 0.4) is 0 Å². The average Bonchev–Trinajstić information content (AvgIpc) is 3.15. The van der Waals surface area contributed by atoms with Gasteiger partial charge in [-0.1, -0.05) is 13.8 Å². The minimum Gasteiger partial charge on any atom is -0.341 e. The molecule has 1 aromatic rings. The van der Waals surface area contributed by atoms with Crippen molar-refractivity contribution in [2.24, 2.45) is 5.92 Å². The van der Waals surface area contributed by atoms with Gasteiger partial charge in [-0.05, 0) is 31.6 Å². The lowest BCUT2D eigenvalue weighted by atomic mass is 9.94. The zero-order valence-electron chi connectivity index (χ0n) is 16.5. The summed E-state index contributed by atoms with van der Waals surface area (Å²) in [5.41, 5.74) is 8.95. The zero-order chi connectivity index (χ0) is 18.8. The molecule has 0 spiro atoms. The Hall–Kier alpha value is -1.57. The third kappa shape index (κ3) is 4.31. The van der Waals surface area contributed by atoms with E-state index < -0.39 is 0 Å². The quantitative estimate of drug-likeness (QED) is 0.735. The van der Waals surface area contributed by atoms with Gasteiger partial charge in [0.05, 0.1) is 0 Å². The zero-order valence-corrected chi connectivity index (χ0v) is 16.5. The standard InChI is InChI=1S/C20H32N6O/c1-13(2)9-16-10-18(25-24-16)20(27)26-7-4-14(5-8-26)19-22-12-15-11-21-6-3-17(15)23-19/h12-14,16,18,21,24-25H,3-11H2,1-2H3. The molecule has 2 fully saturated rings. The van der Waals surface area contributed by atoms with Crippen LogP contribution in [-0.4, -0.2) is 52.5 Å².